The van der Waals surface area contributed by atoms with Gasteiger partial charge in [-0.2, -0.15) is 0 Å². The summed E-state index contributed by atoms with van der Waals surface area (Å²) in [5.74, 6) is 0. The van der Waals surface area contributed by atoms with Crippen LogP contribution in [0.25, 0.3) is 10.8 Å². The van der Waals surface area contributed by atoms with Gasteiger partial charge in [0, 0.05) is 11.5 Å². The summed E-state index contributed by atoms with van der Waals surface area (Å²) in [7, 11) is 0. The summed E-state index contributed by atoms with van der Waals surface area (Å²) in [6.45, 7) is 0. The molecule has 2 aromatic carbocycles. The number of nitro groups is 1. The number of rotatable bonds is 2. The molecule has 0 saturated carbocycles. The van der Waals surface area contributed by atoms with Crippen molar-refractivity contribution in [2.24, 2.45) is 0 Å². The maximum Gasteiger partial charge on any atom is 0.277 e. The maximum atomic E-state index is 11.0. The van der Waals surface area contributed by atoms with Gasteiger partial charge in [0.1, 0.15) is 0 Å². The molecule has 0 spiro atoms. The first kappa shape index (κ1) is 10.7. The normalized spacial score (nSPS) is 12.6. The predicted octanol–water partition coefficient (Wildman–Crippen LogP) is 2.33. The molecule has 0 radical (unpaired) electrons. The van der Waals surface area contributed by atoms with Crippen LogP contribution in [-0.4, -0.2) is 13.7 Å². The number of hydrogen-bond acceptors (Lipinski definition) is 3. The molecule has 0 aliphatic heterocycles. The summed E-state index contributed by atoms with van der Waals surface area (Å²) < 4.78 is 20.1. The van der Waals surface area contributed by atoms with Gasteiger partial charge in [0.25, 0.3) is 5.69 Å². The van der Waals surface area contributed by atoms with Crippen LogP contribution in [0, 0.1) is 10.1 Å². The van der Waals surface area contributed by atoms with Crippen molar-refractivity contribution in [1.29, 1.82) is 0 Å². The van der Waals surface area contributed by atoms with Crippen LogP contribution < -0.4 is 0 Å². The van der Waals surface area contributed by atoms with E-state index in [1.54, 1.807) is 24.3 Å². The molecule has 0 aliphatic rings. The molecule has 0 bridgehead atoms. The molecule has 0 saturated heterocycles. The Hall–Kier alpha value is -1.79. The van der Waals surface area contributed by atoms with Gasteiger partial charge in [-0.3, -0.25) is 10.1 Å². The molecule has 82 valence electrons. The Balaban J connectivity index is 2.87. The predicted molar refractivity (Wildman–Crippen MR) is 59.6 cm³/mol. The summed E-state index contributed by atoms with van der Waals surface area (Å²) in [6, 6.07) is 9.01. The van der Waals surface area contributed by atoms with Crippen LogP contribution in [0.2, 0.25) is 0 Å². The number of nitro benzene ring substituents is 1. The van der Waals surface area contributed by atoms with E-state index in [9.17, 15) is 14.3 Å². The highest BCUT2D eigenvalue weighted by molar-refractivity contribution is 7.79. The van der Waals surface area contributed by atoms with Gasteiger partial charge in [-0.1, -0.05) is 18.2 Å². The molecular formula is C10H7NO4S. The van der Waals surface area contributed by atoms with Crippen molar-refractivity contribution in [1.82, 2.24) is 0 Å². The van der Waals surface area contributed by atoms with E-state index in [-0.39, 0.29) is 10.6 Å². The van der Waals surface area contributed by atoms with Crippen LogP contribution in [0.3, 0.4) is 0 Å². The molecule has 1 unspecified atom stereocenters. The van der Waals surface area contributed by atoms with Gasteiger partial charge in [-0.05, 0) is 12.1 Å². The molecule has 1 N–H and O–H groups in total. The monoisotopic (exact) mass is 237 g/mol. The lowest BCUT2D eigenvalue weighted by Crippen LogP contribution is -1.94. The summed E-state index contributed by atoms with van der Waals surface area (Å²) in [4.78, 5) is 10.4. The molecule has 0 fully saturated rings. The summed E-state index contributed by atoms with van der Waals surface area (Å²) in [6.07, 6.45) is 0. The van der Waals surface area contributed by atoms with E-state index >= 15 is 0 Å². The minimum atomic E-state index is -2.15. The highest BCUT2D eigenvalue weighted by Crippen LogP contribution is 2.29. The third-order valence-electron chi connectivity index (χ3n) is 2.25. The molecule has 5 nitrogen and oxygen atoms in total. The van der Waals surface area contributed by atoms with Crippen LogP contribution in [0.1, 0.15) is 0 Å². The number of fused-ring (bicyclic) bond motifs is 1. The van der Waals surface area contributed by atoms with Gasteiger partial charge in [-0.15, -0.1) is 0 Å². The maximum absolute atomic E-state index is 11.0. The fraction of sp³-hybridized carbons (Fsp3) is 0. The van der Waals surface area contributed by atoms with Crippen LogP contribution in [0.5, 0.6) is 0 Å². The SMILES string of the molecule is O=[N+]([O-])c1ccc(S(=O)O)c2ccccc12. The van der Waals surface area contributed by atoms with Crippen molar-refractivity contribution < 1.29 is 13.7 Å². The summed E-state index contributed by atoms with van der Waals surface area (Å²) >= 11 is -2.15. The van der Waals surface area contributed by atoms with Crippen LogP contribution >= 0.6 is 0 Å². The van der Waals surface area contributed by atoms with E-state index < -0.39 is 16.0 Å². The molecule has 2 aromatic rings. The highest BCUT2D eigenvalue weighted by atomic mass is 32.2. The number of nitrogens with zero attached hydrogens (tertiary/aromatic N) is 1. The van der Waals surface area contributed by atoms with E-state index in [1.165, 1.54) is 12.1 Å². The standard InChI is InChI=1S/C10H7NO4S/c12-11(13)9-5-6-10(16(14)15)8-4-2-1-3-7(8)9/h1-6H,(H,14,15). The minimum absolute atomic E-state index is 0.0650. The van der Waals surface area contributed by atoms with Crippen molar-refractivity contribution >= 4 is 27.5 Å². The number of non-ortho nitro benzene ring substituents is 1. The van der Waals surface area contributed by atoms with Gasteiger partial charge in [0.2, 0.25) is 0 Å². The molecule has 16 heavy (non-hydrogen) atoms. The van der Waals surface area contributed by atoms with Crippen LogP contribution in [-0.2, 0) is 11.1 Å². The van der Waals surface area contributed by atoms with E-state index in [4.69, 9.17) is 4.55 Å². The molecular weight excluding hydrogens is 230 g/mol. The van der Waals surface area contributed by atoms with E-state index in [0.717, 1.165) is 0 Å². The Morgan fingerprint density at radius 3 is 2.31 bits per heavy atom. The molecule has 0 heterocycles. The lowest BCUT2D eigenvalue weighted by Gasteiger charge is -2.03. The summed E-state index contributed by atoms with van der Waals surface area (Å²) in [5, 5.41) is 11.6. The fourth-order valence-electron chi connectivity index (χ4n) is 1.57. The first-order valence-corrected chi connectivity index (χ1v) is 5.49. The second-order valence-electron chi connectivity index (χ2n) is 3.13. The Morgan fingerprint density at radius 1 is 1.12 bits per heavy atom. The molecule has 2 rings (SSSR count). The zero-order valence-electron chi connectivity index (χ0n) is 7.99. The minimum Gasteiger partial charge on any atom is -0.302 e. The Morgan fingerprint density at radius 2 is 1.75 bits per heavy atom. The zero-order valence-corrected chi connectivity index (χ0v) is 8.81. The van der Waals surface area contributed by atoms with Crippen molar-refractivity contribution in [3.63, 3.8) is 0 Å². The lowest BCUT2D eigenvalue weighted by molar-refractivity contribution is -0.383. The average Bonchev–Trinajstić information content (AvgIpc) is 2.27. The topological polar surface area (TPSA) is 80.4 Å². The number of hydrogen-bond donors (Lipinski definition) is 1. The van der Waals surface area contributed by atoms with Gasteiger partial charge < -0.3 is 4.55 Å². The van der Waals surface area contributed by atoms with Gasteiger partial charge in [-0.25, -0.2) is 4.21 Å². The smallest absolute Gasteiger partial charge is 0.277 e. The largest absolute Gasteiger partial charge is 0.302 e. The van der Waals surface area contributed by atoms with Crippen LogP contribution in [0.15, 0.2) is 41.3 Å². The second-order valence-corrected chi connectivity index (χ2v) is 4.07. The van der Waals surface area contributed by atoms with Gasteiger partial charge in [0.05, 0.1) is 15.2 Å². The Labute approximate surface area is 93.1 Å². The van der Waals surface area contributed by atoms with Crippen molar-refractivity contribution in [3.05, 3.63) is 46.5 Å². The van der Waals surface area contributed by atoms with Gasteiger partial charge in [0.15, 0.2) is 11.1 Å². The quantitative estimate of drug-likeness (QED) is 0.493. The molecule has 1 atom stereocenters. The van der Waals surface area contributed by atoms with E-state index in [0.29, 0.717) is 10.8 Å². The number of benzene rings is 2. The average molecular weight is 237 g/mol. The molecule has 6 heteroatoms. The second kappa shape index (κ2) is 3.99. The van der Waals surface area contributed by atoms with Crippen molar-refractivity contribution in [2.45, 2.75) is 4.90 Å². The molecule has 0 amide bonds. The lowest BCUT2D eigenvalue weighted by atomic mass is 10.1. The third kappa shape index (κ3) is 1.68. The van der Waals surface area contributed by atoms with E-state index in [1.807, 2.05) is 0 Å². The Bertz CT molecular complexity index is 544. The van der Waals surface area contributed by atoms with Crippen LogP contribution in [0.4, 0.5) is 5.69 Å². The Kier molecular flexibility index (Phi) is 2.67. The first-order valence-electron chi connectivity index (χ1n) is 4.38. The van der Waals surface area contributed by atoms with Crippen molar-refractivity contribution in [2.75, 3.05) is 0 Å². The zero-order chi connectivity index (χ0) is 11.7. The third-order valence-corrected chi connectivity index (χ3v) is 2.98. The fourth-order valence-corrected chi connectivity index (χ4v) is 2.12. The molecule has 0 aliphatic carbocycles. The van der Waals surface area contributed by atoms with E-state index in [2.05, 4.69) is 0 Å². The molecule has 0 aromatic heterocycles. The van der Waals surface area contributed by atoms with Gasteiger partial charge >= 0.3 is 0 Å². The summed E-state index contributed by atoms with van der Waals surface area (Å²) in [5.41, 5.74) is -0.0650. The first-order chi connectivity index (χ1) is 7.61. The highest BCUT2D eigenvalue weighted by Gasteiger charge is 2.15. The van der Waals surface area contributed by atoms with Crippen molar-refractivity contribution in [3.8, 4) is 0 Å².